The standard InChI is InChI=1S/C19H30.CH2O2/c1-13(2)15-7-10-18-16(12-15)8-9-17-14(3)6-5-11-19(17,18)4;2-1-3/h12,14,17-18H,5-11H2,1-4H3;1H,(H,2,3). The van der Waals surface area contributed by atoms with Crippen molar-refractivity contribution in [2.45, 2.75) is 72.6 Å². The minimum Gasteiger partial charge on any atom is -0.483 e. The fraction of sp³-hybridized carbons (Fsp3) is 0.750. The second-order valence-electron chi connectivity index (χ2n) is 7.96. The number of hydrogen-bond donors (Lipinski definition) is 1. The zero-order chi connectivity index (χ0) is 16.3. The number of rotatable bonds is 0. The van der Waals surface area contributed by atoms with Crippen molar-refractivity contribution in [2.75, 3.05) is 0 Å². The number of hydrogen-bond acceptors (Lipinski definition) is 1. The fourth-order valence-electron chi connectivity index (χ4n) is 5.49. The van der Waals surface area contributed by atoms with Gasteiger partial charge in [0.25, 0.3) is 6.47 Å². The lowest BCUT2D eigenvalue weighted by molar-refractivity contribution is -0.122. The molecule has 0 aliphatic heterocycles. The van der Waals surface area contributed by atoms with Crippen LogP contribution in [0.2, 0.25) is 0 Å². The van der Waals surface area contributed by atoms with Gasteiger partial charge in [-0.3, -0.25) is 4.79 Å². The van der Waals surface area contributed by atoms with Crippen molar-refractivity contribution in [3.05, 3.63) is 22.8 Å². The van der Waals surface area contributed by atoms with Crippen molar-refractivity contribution >= 4 is 6.47 Å². The monoisotopic (exact) mass is 304 g/mol. The Kier molecular flexibility index (Phi) is 5.52. The highest BCUT2D eigenvalue weighted by atomic mass is 16.3. The molecule has 2 nitrogen and oxygen atoms in total. The van der Waals surface area contributed by atoms with Crippen molar-refractivity contribution in [2.24, 2.45) is 23.2 Å². The van der Waals surface area contributed by atoms with E-state index in [0.29, 0.717) is 5.41 Å². The van der Waals surface area contributed by atoms with Crippen molar-refractivity contribution < 1.29 is 9.90 Å². The van der Waals surface area contributed by atoms with Crippen LogP contribution in [0, 0.1) is 23.2 Å². The van der Waals surface area contributed by atoms with Crippen LogP contribution in [0.1, 0.15) is 72.6 Å². The van der Waals surface area contributed by atoms with E-state index in [1.807, 2.05) is 0 Å². The Morgan fingerprint density at radius 2 is 1.95 bits per heavy atom. The summed E-state index contributed by atoms with van der Waals surface area (Å²) in [5, 5.41) is 6.89. The molecule has 0 aromatic rings. The molecule has 0 bridgehead atoms. The summed E-state index contributed by atoms with van der Waals surface area (Å²) in [6.07, 6.45) is 12.6. The van der Waals surface area contributed by atoms with E-state index < -0.39 is 0 Å². The number of fused-ring (bicyclic) bond motifs is 3. The Morgan fingerprint density at radius 1 is 1.27 bits per heavy atom. The Morgan fingerprint density at radius 3 is 2.59 bits per heavy atom. The van der Waals surface area contributed by atoms with E-state index in [0.717, 1.165) is 17.8 Å². The predicted octanol–water partition coefficient (Wildman–Crippen LogP) is 5.60. The van der Waals surface area contributed by atoms with Gasteiger partial charge in [-0.15, -0.1) is 0 Å². The van der Waals surface area contributed by atoms with Crippen LogP contribution < -0.4 is 0 Å². The summed E-state index contributed by atoms with van der Waals surface area (Å²) < 4.78 is 0. The smallest absolute Gasteiger partial charge is 0.290 e. The van der Waals surface area contributed by atoms with Crippen molar-refractivity contribution in [1.29, 1.82) is 0 Å². The number of carboxylic acid groups (broad SMARTS) is 1. The highest BCUT2D eigenvalue weighted by Gasteiger charge is 2.49. The first kappa shape index (κ1) is 17.3. The second kappa shape index (κ2) is 7.02. The average Bonchev–Trinajstić information content (AvgIpc) is 2.47. The molecule has 0 saturated heterocycles. The van der Waals surface area contributed by atoms with Gasteiger partial charge in [0, 0.05) is 0 Å². The lowest BCUT2D eigenvalue weighted by atomic mass is 9.50. The fourth-order valence-corrected chi connectivity index (χ4v) is 5.49. The van der Waals surface area contributed by atoms with Gasteiger partial charge in [0.05, 0.1) is 0 Å². The van der Waals surface area contributed by atoms with Crippen LogP contribution in [0.5, 0.6) is 0 Å². The van der Waals surface area contributed by atoms with Gasteiger partial charge in [0.15, 0.2) is 0 Å². The average molecular weight is 304 g/mol. The Balaban J connectivity index is 0.000000545. The minimum atomic E-state index is -0.250. The summed E-state index contributed by atoms with van der Waals surface area (Å²) in [4.78, 5) is 8.36. The lowest BCUT2D eigenvalue weighted by Gasteiger charge is -2.55. The van der Waals surface area contributed by atoms with Crippen LogP contribution >= 0.6 is 0 Å². The predicted molar refractivity (Wildman–Crippen MR) is 91.7 cm³/mol. The molecular weight excluding hydrogens is 272 g/mol. The second-order valence-corrected chi connectivity index (χ2v) is 7.96. The largest absolute Gasteiger partial charge is 0.483 e. The molecule has 4 unspecified atom stereocenters. The van der Waals surface area contributed by atoms with E-state index in [1.165, 1.54) is 50.5 Å². The number of allylic oxidation sites excluding steroid dienone is 4. The molecule has 3 rings (SSSR count). The van der Waals surface area contributed by atoms with Gasteiger partial charge in [-0.25, -0.2) is 0 Å². The molecule has 0 aromatic heterocycles. The van der Waals surface area contributed by atoms with Crippen LogP contribution in [0.4, 0.5) is 0 Å². The molecule has 124 valence electrons. The van der Waals surface area contributed by atoms with Gasteiger partial charge in [-0.05, 0) is 74.7 Å². The van der Waals surface area contributed by atoms with Gasteiger partial charge in [0.1, 0.15) is 0 Å². The summed E-state index contributed by atoms with van der Waals surface area (Å²) in [5.74, 6) is 2.86. The van der Waals surface area contributed by atoms with Crippen LogP contribution in [-0.2, 0) is 4.79 Å². The van der Waals surface area contributed by atoms with Crippen LogP contribution in [-0.4, -0.2) is 11.6 Å². The molecule has 2 fully saturated rings. The van der Waals surface area contributed by atoms with Crippen LogP contribution in [0.3, 0.4) is 0 Å². The molecule has 0 aromatic carbocycles. The van der Waals surface area contributed by atoms with Crippen LogP contribution in [0.15, 0.2) is 22.8 Å². The molecule has 3 aliphatic carbocycles. The zero-order valence-corrected chi connectivity index (χ0v) is 14.7. The van der Waals surface area contributed by atoms with Gasteiger partial charge in [0.2, 0.25) is 0 Å². The van der Waals surface area contributed by atoms with Crippen molar-refractivity contribution in [3.63, 3.8) is 0 Å². The van der Waals surface area contributed by atoms with Gasteiger partial charge < -0.3 is 5.11 Å². The van der Waals surface area contributed by atoms with Gasteiger partial charge in [-0.2, -0.15) is 0 Å². The first-order chi connectivity index (χ1) is 10.4. The maximum absolute atomic E-state index is 8.36. The van der Waals surface area contributed by atoms with Gasteiger partial charge in [-0.1, -0.05) is 43.9 Å². The molecule has 0 amide bonds. The third kappa shape index (κ3) is 3.16. The van der Waals surface area contributed by atoms with E-state index in [4.69, 9.17) is 9.90 Å². The van der Waals surface area contributed by atoms with Gasteiger partial charge >= 0.3 is 0 Å². The van der Waals surface area contributed by atoms with Crippen LogP contribution in [0.25, 0.3) is 0 Å². The molecule has 2 saturated carbocycles. The van der Waals surface area contributed by atoms with E-state index in [-0.39, 0.29) is 6.47 Å². The topological polar surface area (TPSA) is 37.3 Å². The first-order valence-electron chi connectivity index (χ1n) is 8.88. The third-order valence-corrected chi connectivity index (χ3v) is 6.60. The Labute approximate surface area is 135 Å². The molecule has 4 atom stereocenters. The van der Waals surface area contributed by atoms with E-state index in [1.54, 1.807) is 11.1 Å². The molecular formula is C20H32O2. The van der Waals surface area contributed by atoms with Crippen molar-refractivity contribution in [3.8, 4) is 0 Å². The summed E-state index contributed by atoms with van der Waals surface area (Å²) in [5.41, 5.74) is 5.59. The highest BCUT2D eigenvalue weighted by Crippen LogP contribution is 2.59. The van der Waals surface area contributed by atoms with E-state index in [9.17, 15) is 0 Å². The highest BCUT2D eigenvalue weighted by molar-refractivity contribution is 5.34. The maximum Gasteiger partial charge on any atom is 0.290 e. The third-order valence-electron chi connectivity index (χ3n) is 6.60. The summed E-state index contributed by atoms with van der Waals surface area (Å²) >= 11 is 0. The molecule has 1 N–H and O–H groups in total. The molecule has 0 radical (unpaired) electrons. The summed E-state index contributed by atoms with van der Waals surface area (Å²) in [6.45, 7) is 9.45. The molecule has 2 heteroatoms. The summed E-state index contributed by atoms with van der Waals surface area (Å²) in [7, 11) is 0. The normalized spacial score (nSPS) is 37.0. The van der Waals surface area contributed by atoms with E-state index >= 15 is 0 Å². The lowest BCUT2D eigenvalue weighted by Crippen LogP contribution is -2.46. The van der Waals surface area contributed by atoms with E-state index in [2.05, 4.69) is 33.8 Å². The Bertz CT molecular complexity index is 470. The maximum atomic E-state index is 8.36. The van der Waals surface area contributed by atoms with Crippen molar-refractivity contribution in [1.82, 2.24) is 0 Å². The SMILES string of the molecule is CC(C)=C1C=C2CCC3C(C)CCCC3(C)C2CC1.O=CO. The quantitative estimate of drug-likeness (QED) is 0.592. The Hall–Kier alpha value is -1.05. The molecule has 22 heavy (non-hydrogen) atoms. The molecule has 0 spiro atoms. The summed E-state index contributed by atoms with van der Waals surface area (Å²) in [6, 6.07) is 0. The molecule has 3 aliphatic rings. The minimum absolute atomic E-state index is 0.250. The zero-order valence-electron chi connectivity index (χ0n) is 14.7. The first-order valence-corrected chi connectivity index (χ1v) is 8.88. The number of carbonyl (C=O) groups is 1. The molecule has 0 heterocycles.